The van der Waals surface area contributed by atoms with Gasteiger partial charge in [-0.3, -0.25) is 9.59 Å². The number of hydrogen-bond acceptors (Lipinski definition) is 6. The number of nitrogens with zero attached hydrogens (tertiary/aromatic N) is 2. The Kier molecular flexibility index (Phi) is 8.82. The number of halogens is 1. The Hall–Kier alpha value is -4.35. The van der Waals surface area contributed by atoms with E-state index in [2.05, 4.69) is 21.9 Å². The van der Waals surface area contributed by atoms with Gasteiger partial charge < -0.3 is 14.8 Å². The van der Waals surface area contributed by atoms with Gasteiger partial charge in [0.15, 0.2) is 0 Å². The van der Waals surface area contributed by atoms with Crippen LogP contribution in [0.2, 0.25) is 5.02 Å². The van der Waals surface area contributed by atoms with E-state index in [-0.39, 0.29) is 6.61 Å². The first-order valence-electron chi connectivity index (χ1n) is 10.6. The number of hydrogen-bond donors (Lipinski definition) is 2. The number of carbonyl (C=O) groups excluding carboxylic acids is 2. The molecule has 2 N–H and O–H groups in total. The van der Waals surface area contributed by atoms with Crippen molar-refractivity contribution in [3.63, 3.8) is 0 Å². The smallest absolute Gasteiger partial charge is 0.262 e. The van der Waals surface area contributed by atoms with Gasteiger partial charge in [0.1, 0.15) is 24.1 Å². The summed E-state index contributed by atoms with van der Waals surface area (Å²) in [5, 5.41) is 16.0. The highest BCUT2D eigenvalue weighted by Crippen LogP contribution is 2.22. The van der Waals surface area contributed by atoms with Crippen LogP contribution in [0.1, 0.15) is 34.0 Å². The maximum Gasteiger partial charge on any atom is 0.262 e. The van der Waals surface area contributed by atoms with Crippen molar-refractivity contribution in [2.45, 2.75) is 19.6 Å². The Bertz CT molecular complexity index is 1250. The lowest BCUT2D eigenvalue weighted by Crippen LogP contribution is -2.43. The fraction of sp³-hybridized carbons (Fsp3) is 0.154. The van der Waals surface area contributed by atoms with E-state index in [9.17, 15) is 9.59 Å². The van der Waals surface area contributed by atoms with Crippen LogP contribution in [-0.2, 0) is 11.4 Å². The second-order valence-electron chi connectivity index (χ2n) is 7.44. The number of ether oxygens (including phenoxy) is 2. The molecule has 8 nitrogen and oxygen atoms in total. The summed E-state index contributed by atoms with van der Waals surface area (Å²) in [5.41, 5.74) is 4.82. The molecule has 3 aromatic rings. The number of carbonyl (C=O) groups is 2. The number of nitriles is 1. The van der Waals surface area contributed by atoms with Crippen LogP contribution >= 0.6 is 11.6 Å². The van der Waals surface area contributed by atoms with Gasteiger partial charge in [-0.25, -0.2) is 5.43 Å². The normalized spacial score (nSPS) is 11.4. The van der Waals surface area contributed by atoms with E-state index in [0.29, 0.717) is 33.2 Å². The first-order valence-corrected chi connectivity index (χ1v) is 11.0. The molecule has 0 saturated carbocycles. The zero-order valence-electron chi connectivity index (χ0n) is 19.1. The van der Waals surface area contributed by atoms with Crippen LogP contribution in [0.25, 0.3) is 0 Å². The Balaban J connectivity index is 1.58. The molecule has 0 aliphatic heterocycles. The van der Waals surface area contributed by atoms with Crippen molar-refractivity contribution < 1.29 is 19.1 Å². The molecule has 0 bridgehead atoms. The summed E-state index contributed by atoms with van der Waals surface area (Å²) < 4.78 is 10.9. The van der Waals surface area contributed by atoms with Crippen LogP contribution < -0.4 is 20.2 Å². The van der Waals surface area contributed by atoms with Crippen molar-refractivity contribution in [1.29, 1.82) is 5.26 Å². The molecule has 3 aromatic carbocycles. The molecule has 0 fully saturated rings. The molecule has 9 heteroatoms. The number of rotatable bonds is 9. The fourth-order valence-electron chi connectivity index (χ4n) is 2.94. The molecule has 0 spiro atoms. The standard InChI is InChI=1S/C26H23ClN4O4/c1-17(30-26(33)20-7-10-23(34-2)11-8-20)25(32)31-29-15-21-13-22(27)9-12-24(21)35-16-19-5-3-18(14-28)4-6-19/h3-13,15,17H,16H2,1-2H3,(H,30,33)(H,31,32). The molecule has 0 aromatic heterocycles. The van der Waals surface area contributed by atoms with Gasteiger partial charge in [-0.05, 0) is 67.1 Å². The van der Waals surface area contributed by atoms with Gasteiger partial charge in [0.25, 0.3) is 11.8 Å². The summed E-state index contributed by atoms with van der Waals surface area (Å²) in [4.78, 5) is 24.7. The lowest BCUT2D eigenvalue weighted by molar-refractivity contribution is -0.122. The molecule has 0 aliphatic rings. The minimum absolute atomic E-state index is 0.273. The van der Waals surface area contributed by atoms with Crippen LogP contribution in [0.4, 0.5) is 0 Å². The van der Waals surface area contributed by atoms with E-state index in [1.54, 1.807) is 61.5 Å². The summed E-state index contributed by atoms with van der Waals surface area (Å²) in [6, 6.07) is 19.9. The van der Waals surface area contributed by atoms with Crippen molar-refractivity contribution in [2.24, 2.45) is 5.10 Å². The third kappa shape index (κ3) is 7.32. The topological polar surface area (TPSA) is 113 Å². The second-order valence-corrected chi connectivity index (χ2v) is 7.87. The fourth-order valence-corrected chi connectivity index (χ4v) is 3.12. The van der Waals surface area contributed by atoms with E-state index in [1.165, 1.54) is 13.3 Å². The summed E-state index contributed by atoms with van der Waals surface area (Å²) >= 11 is 6.10. The van der Waals surface area contributed by atoms with Gasteiger partial charge in [-0.15, -0.1) is 0 Å². The number of nitrogens with one attached hydrogen (secondary N) is 2. The predicted molar refractivity (Wildman–Crippen MR) is 133 cm³/mol. The van der Waals surface area contributed by atoms with Crippen LogP contribution in [0.3, 0.4) is 0 Å². The minimum Gasteiger partial charge on any atom is -0.497 e. The quantitative estimate of drug-likeness (QED) is 0.347. The highest BCUT2D eigenvalue weighted by atomic mass is 35.5. The Morgan fingerprint density at radius 1 is 1.11 bits per heavy atom. The molecule has 35 heavy (non-hydrogen) atoms. The maximum absolute atomic E-state index is 12.4. The molecular formula is C26H23ClN4O4. The number of amides is 2. The molecule has 3 rings (SSSR count). The van der Waals surface area contributed by atoms with E-state index < -0.39 is 17.9 Å². The number of hydrazone groups is 1. The minimum atomic E-state index is -0.826. The van der Waals surface area contributed by atoms with Crippen LogP contribution in [0.15, 0.2) is 71.8 Å². The first kappa shape index (κ1) is 25.3. The lowest BCUT2D eigenvalue weighted by atomic mass is 10.1. The zero-order chi connectivity index (χ0) is 25.2. The SMILES string of the molecule is COc1ccc(C(=O)NC(C)C(=O)NN=Cc2cc(Cl)ccc2OCc2ccc(C#N)cc2)cc1. The third-order valence-corrected chi connectivity index (χ3v) is 5.16. The Morgan fingerprint density at radius 2 is 1.83 bits per heavy atom. The van der Waals surface area contributed by atoms with E-state index >= 15 is 0 Å². The van der Waals surface area contributed by atoms with Crippen molar-refractivity contribution in [2.75, 3.05) is 7.11 Å². The summed E-state index contributed by atoms with van der Waals surface area (Å²) in [5.74, 6) is 0.248. The van der Waals surface area contributed by atoms with Gasteiger partial charge in [0.2, 0.25) is 0 Å². The van der Waals surface area contributed by atoms with E-state index in [0.717, 1.165) is 5.56 Å². The van der Waals surface area contributed by atoms with Crippen molar-refractivity contribution in [3.05, 3.63) is 94.0 Å². The Morgan fingerprint density at radius 3 is 2.49 bits per heavy atom. The van der Waals surface area contributed by atoms with Crippen molar-refractivity contribution >= 4 is 29.6 Å². The zero-order valence-corrected chi connectivity index (χ0v) is 19.9. The van der Waals surface area contributed by atoms with Crippen LogP contribution in [0, 0.1) is 11.3 Å². The van der Waals surface area contributed by atoms with Crippen molar-refractivity contribution in [1.82, 2.24) is 10.7 Å². The summed E-state index contributed by atoms with van der Waals surface area (Å²) in [7, 11) is 1.54. The third-order valence-electron chi connectivity index (χ3n) is 4.92. The summed E-state index contributed by atoms with van der Waals surface area (Å²) in [6.45, 7) is 1.83. The highest BCUT2D eigenvalue weighted by molar-refractivity contribution is 6.30. The van der Waals surface area contributed by atoms with Gasteiger partial charge >= 0.3 is 0 Å². The van der Waals surface area contributed by atoms with Gasteiger partial charge in [0.05, 0.1) is 25.0 Å². The maximum atomic E-state index is 12.4. The van der Waals surface area contributed by atoms with Crippen LogP contribution in [0.5, 0.6) is 11.5 Å². The average molecular weight is 491 g/mol. The molecule has 1 unspecified atom stereocenters. The second kappa shape index (κ2) is 12.2. The number of benzene rings is 3. The molecule has 0 heterocycles. The molecule has 0 radical (unpaired) electrons. The molecular weight excluding hydrogens is 468 g/mol. The van der Waals surface area contributed by atoms with Gasteiger partial charge in [-0.2, -0.15) is 10.4 Å². The Labute approximate surface area is 208 Å². The monoisotopic (exact) mass is 490 g/mol. The molecule has 178 valence electrons. The average Bonchev–Trinajstić information content (AvgIpc) is 2.88. The highest BCUT2D eigenvalue weighted by Gasteiger charge is 2.16. The summed E-state index contributed by atoms with van der Waals surface area (Å²) in [6.07, 6.45) is 1.41. The van der Waals surface area contributed by atoms with Crippen molar-refractivity contribution in [3.8, 4) is 17.6 Å². The van der Waals surface area contributed by atoms with Gasteiger partial charge in [0, 0.05) is 16.1 Å². The van der Waals surface area contributed by atoms with E-state index in [4.69, 9.17) is 26.3 Å². The lowest BCUT2D eigenvalue weighted by Gasteiger charge is -2.13. The van der Waals surface area contributed by atoms with Crippen LogP contribution in [-0.4, -0.2) is 31.2 Å². The molecule has 0 aliphatic carbocycles. The molecule has 0 saturated heterocycles. The molecule has 2 amide bonds. The largest absolute Gasteiger partial charge is 0.497 e. The first-order chi connectivity index (χ1) is 16.9. The number of methoxy groups -OCH3 is 1. The van der Waals surface area contributed by atoms with E-state index in [1.807, 2.05) is 12.1 Å². The van der Waals surface area contributed by atoms with Gasteiger partial charge in [-0.1, -0.05) is 23.7 Å². The predicted octanol–water partition coefficient (Wildman–Crippen LogP) is 4.07. The molecule has 1 atom stereocenters.